The number of halogens is 2. The molecule has 5 nitrogen and oxygen atoms in total. The van der Waals surface area contributed by atoms with Gasteiger partial charge in [0, 0.05) is 19.6 Å². The first kappa shape index (κ1) is 18.7. The molecule has 0 aliphatic heterocycles. The molecule has 0 unspecified atom stereocenters. The third kappa shape index (κ3) is 6.99. The predicted molar refractivity (Wildman–Crippen MR) is 87.5 cm³/mol. The van der Waals surface area contributed by atoms with Gasteiger partial charge in [0.2, 0.25) is 0 Å². The lowest BCUT2D eigenvalue weighted by atomic mass is 10.1. The third-order valence-electron chi connectivity index (χ3n) is 2.87. The van der Waals surface area contributed by atoms with Gasteiger partial charge in [-0.05, 0) is 31.0 Å². The van der Waals surface area contributed by atoms with Crippen LogP contribution in [0.25, 0.3) is 0 Å². The third-order valence-corrected chi connectivity index (χ3v) is 2.87. The quantitative estimate of drug-likeness (QED) is 0.416. The van der Waals surface area contributed by atoms with E-state index in [1.807, 2.05) is 6.92 Å². The Morgan fingerprint density at radius 2 is 2.13 bits per heavy atom. The molecule has 0 atom stereocenters. The molecule has 0 amide bonds. The average Bonchev–Trinajstić information content (AvgIpc) is 2.52. The molecule has 0 aliphatic rings. The lowest BCUT2D eigenvalue weighted by Gasteiger charge is -2.12. The summed E-state index contributed by atoms with van der Waals surface area (Å²) >= 11 is 0. The van der Waals surface area contributed by atoms with Gasteiger partial charge < -0.3 is 20.1 Å². The van der Waals surface area contributed by atoms with Crippen LogP contribution in [-0.4, -0.2) is 39.3 Å². The van der Waals surface area contributed by atoms with Crippen molar-refractivity contribution in [1.82, 2.24) is 10.6 Å². The number of nitrogens with zero attached hydrogens (tertiary/aromatic N) is 1. The Bertz CT molecular complexity index is 522. The minimum atomic E-state index is -2.89. The fraction of sp³-hybridized carbons (Fsp3) is 0.438. The Morgan fingerprint density at radius 1 is 1.35 bits per heavy atom. The molecule has 128 valence electrons. The van der Waals surface area contributed by atoms with Crippen LogP contribution in [-0.2, 0) is 6.42 Å². The van der Waals surface area contributed by atoms with Gasteiger partial charge in [-0.15, -0.1) is 6.58 Å². The van der Waals surface area contributed by atoms with E-state index < -0.39 is 6.61 Å². The molecule has 1 rings (SSSR count). The second-order valence-electron chi connectivity index (χ2n) is 4.54. The van der Waals surface area contributed by atoms with Crippen molar-refractivity contribution in [3.05, 3.63) is 36.4 Å². The summed E-state index contributed by atoms with van der Waals surface area (Å²) in [5, 5.41) is 6.20. The van der Waals surface area contributed by atoms with Crippen LogP contribution in [0, 0.1) is 0 Å². The Labute approximate surface area is 135 Å². The van der Waals surface area contributed by atoms with Gasteiger partial charge in [-0.3, -0.25) is 4.99 Å². The topological polar surface area (TPSA) is 54.9 Å². The Balaban J connectivity index is 2.70. The molecule has 0 radical (unpaired) electrons. The Kier molecular flexibility index (Phi) is 8.49. The van der Waals surface area contributed by atoms with Crippen molar-refractivity contribution in [2.45, 2.75) is 20.0 Å². The van der Waals surface area contributed by atoms with E-state index in [0.717, 1.165) is 12.1 Å². The van der Waals surface area contributed by atoms with E-state index in [9.17, 15) is 8.78 Å². The molecule has 1 aromatic carbocycles. The molecule has 0 spiro atoms. The van der Waals surface area contributed by atoms with Crippen LogP contribution < -0.4 is 20.1 Å². The minimum absolute atomic E-state index is 0.0284. The largest absolute Gasteiger partial charge is 0.493 e. The first-order chi connectivity index (χ1) is 11.1. The normalized spacial score (nSPS) is 11.3. The molecule has 2 N–H and O–H groups in total. The van der Waals surface area contributed by atoms with E-state index in [-0.39, 0.29) is 11.5 Å². The van der Waals surface area contributed by atoms with Gasteiger partial charge in [0.15, 0.2) is 17.5 Å². The van der Waals surface area contributed by atoms with Gasteiger partial charge in [0.1, 0.15) is 0 Å². The smallest absolute Gasteiger partial charge is 0.387 e. The highest BCUT2D eigenvalue weighted by molar-refractivity contribution is 5.79. The van der Waals surface area contributed by atoms with Crippen molar-refractivity contribution in [2.24, 2.45) is 4.99 Å². The summed E-state index contributed by atoms with van der Waals surface area (Å²) in [5.74, 6) is 0.990. The van der Waals surface area contributed by atoms with Crippen LogP contribution in [0.4, 0.5) is 8.78 Å². The maximum absolute atomic E-state index is 12.4. The molecule has 0 fully saturated rings. The maximum atomic E-state index is 12.4. The number of rotatable bonds is 9. The lowest BCUT2D eigenvalue weighted by molar-refractivity contribution is -0.0512. The zero-order valence-electron chi connectivity index (χ0n) is 13.4. The number of benzene rings is 1. The van der Waals surface area contributed by atoms with E-state index >= 15 is 0 Å². The monoisotopic (exact) mass is 327 g/mol. The highest BCUT2D eigenvalue weighted by Gasteiger charge is 2.11. The molecule has 0 bridgehead atoms. The van der Waals surface area contributed by atoms with E-state index in [1.54, 1.807) is 24.3 Å². The van der Waals surface area contributed by atoms with Crippen molar-refractivity contribution in [3.8, 4) is 11.5 Å². The second-order valence-corrected chi connectivity index (χ2v) is 4.54. The van der Waals surface area contributed by atoms with Crippen LogP contribution in [0.1, 0.15) is 12.5 Å². The molecule has 0 aliphatic carbocycles. The molecule has 1 aromatic rings. The Morgan fingerprint density at radius 3 is 2.74 bits per heavy atom. The van der Waals surface area contributed by atoms with Crippen molar-refractivity contribution in [3.63, 3.8) is 0 Å². The summed E-state index contributed by atoms with van der Waals surface area (Å²) in [4.78, 5) is 4.41. The highest BCUT2D eigenvalue weighted by atomic mass is 19.3. The van der Waals surface area contributed by atoms with Gasteiger partial charge in [-0.1, -0.05) is 12.1 Å². The van der Waals surface area contributed by atoms with Crippen molar-refractivity contribution in [1.29, 1.82) is 0 Å². The number of alkyl halides is 2. The number of methoxy groups -OCH3 is 1. The fourth-order valence-corrected chi connectivity index (χ4v) is 1.87. The van der Waals surface area contributed by atoms with Crippen molar-refractivity contribution in [2.75, 3.05) is 26.7 Å². The lowest BCUT2D eigenvalue weighted by Crippen LogP contribution is -2.37. The number of hydrogen-bond acceptors (Lipinski definition) is 3. The first-order valence-corrected chi connectivity index (χ1v) is 7.35. The summed E-state index contributed by atoms with van der Waals surface area (Å²) in [6.45, 7) is 4.59. The van der Waals surface area contributed by atoms with Crippen LogP contribution in [0.3, 0.4) is 0 Å². The predicted octanol–water partition coefficient (Wildman–Crippen LogP) is 2.58. The van der Waals surface area contributed by atoms with Crippen LogP contribution >= 0.6 is 0 Å². The molecule has 7 heteroatoms. The number of ether oxygens (including phenoxy) is 2. The van der Waals surface area contributed by atoms with Gasteiger partial charge in [0.05, 0.1) is 7.11 Å². The SMILES string of the molecule is C=CCNC(=NCCc1ccc(OC)c(OC(F)F)c1)NCC. The van der Waals surface area contributed by atoms with E-state index in [4.69, 9.17) is 4.74 Å². The van der Waals surface area contributed by atoms with Crippen molar-refractivity contribution < 1.29 is 18.3 Å². The number of nitrogens with one attached hydrogen (secondary N) is 2. The first-order valence-electron chi connectivity index (χ1n) is 7.35. The molecular weight excluding hydrogens is 304 g/mol. The summed E-state index contributed by atoms with van der Waals surface area (Å²) in [5.41, 5.74) is 0.838. The summed E-state index contributed by atoms with van der Waals surface area (Å²) in [6, 6.07) is 4.96. The summed E-state index contributed by atoms with van der Waals surface area (Å²) < 4.78 is 34.3. The zero-order valence-corrected chi connectivity index (χ0v) is 13.4. The van der Waals surface area contributed by atoms with Crippen LogP contribution in [0.15, 0.2) is 35.8 Å². The maximum Gasteiger partial charge on any atom is 0.387 e. The van der Waals surface area contributed by atoms with E-state index in [1.165, 1.54) is 7.11 Å². The van der Waals surface area contributed by atoms with Gasteiger partial charge >= 0.3 is 6.61 Å². The zero-order chi connectivity index (χ0) is 17.1. The summed E-state index contributed by atoms with van der Waals surface area (Å²) in [7, 11) is 1.41. The number of hydrogen-bond donors (Lipinski definition) is 2. The fourth-order valence-electron chi connectivity index (χ4n) is 1.87. The number of guanidine groups is 1. The average molecular weight is 327 g/mol. The Hall–Kier alpha value is -2.31. The standard InChI is InChI=1S/C16H23F2N3O2/c1-4-9-20-16(19-5-2)21-10-8-12-6-7-13(22-3)14(11-12)23-15(17)18/h4,6-7,11,15H,1,5,8-10H2,2-3H3,(H2,19,20,21). The van der Waals surface area contributed by atoms with Gasteiger partial charge in [-0.25, -0.2) is 0 Å². The molecule has 23 heavy (non-hydrogen) atoms. The van der Waals surface area contributed by atoms with E-state index in [0.29, 0.717) is 25.5 Å². The second kappa shape index (κ2) is 10.4. The number of aliphatic imine (C=N–C) groups is 1. The molecule has 0 saturated heterocycles. The van der Waals surface area contributed by atoms with Gasteiger partial charge in [-0.2, -0.15) is 8.78 Å². The minimum Gasteiger partial charge on any atom is -0.493 e. The van der Waals surface area contributed by atoms with Crippen LogP contribution in [0.2, 0.25) is 0 Å². The van der Waals surface area contributed by atoms with Crippen LogP contribution in [0.5, 0.6) is 11.5 Å². The van der Waals surface area contributed by atoms with Crippen molar-refractivity contribution >= 4 is 5.96 Å². The van der Waals surface area contributed by atoms with Gasteiger partial charge in [0.25, 0.3) is 0 Å². The molecule has 0 aromatic heterocycles. The van der Waals surface area contributed by atoms with E-state index in [2.05, 4.69) is 26.9 Å². The molecule has 0 saturated carbocycles. The summed E-state index contributed by atoms with van der Waals surface area (Å²) in [6.07, 6.45) is 2.33. The highest BCUT2D eigenvalue weighted by Crippen LogP contribution is 2.29. The molecular formula is C16H23F2N3O2. The molecule has 0 heterocycles.